The first-order chi connectivity index (χ1) is 11.8. The van der Waals surface area contributed by atoms with Crippen LogP contribution in [0.5, 0.6) is 0 Å². The lowest BCUT2D eigenvalue weighted by molar-refractivity contribution is -0.151. The van der Waals surface area contributed by atoms with Crippen LogP contribution in [0.1, 0.15) is 39.2 Å². The number of carbonyl (C=O) groups excluding carboxylic acids is 2. The standard InChI is InChI=1S/C19H28N2O4/c1-14(8-7-11-17-9-5-4-6-10-17)18(23)21(15(2)19(24)25)13-12-20-16(3)22/h4-6,9-10,14-15H,7-8,11-13H2,1-3H3,(H,20,22)(H,24,25). The predicted molar refractivity (Wildman–Crippen MR) is 96.0 cm³/mol. The van der Waals surface area contributed by atoms with Crippen LogP contribution in [0.25, 0.3) is 0 Å². The minimum absolute atomic E-state index is 0.187. The zero-order chi connectivity index (χ0) is 18.8. The number of carboxylic acid groups (broad SMARTS) is 1. The number of hydrogen-bond donors (Lipinski definition) is 2. The van der Waals surface area contributed by atoms with Gasteiger partial charge >= 0.3 is 5.97 Å². The van der Waals surface area contributed by atoms with Gasteiger partial charge in [0.2, 0.25) is 11.8 Å². The van der Waals surface area contributed by atoms with Crippen molar-refractivity contribution in [3.63, 3.8) is 0 Å². The van der Waals surface area contributed by atoms with E-state index in [2.05, 4.69) is 17.4 Å². The molecule has 0 aromatic heterocycles. The Morgan fingerprint density at radius 2 is 1.80 bits per heavy atom. The van der Waals surface area contributed by atoms with E-state index in [1.807, 2.05) is 25.1 Å². The number of aryl methyl sites for hydroxylation is 1. The molecule has 6 nitrogen and oxygen atoms in total. The van der Waals surface area contributed by atoms with E-state index >= 15 is 0 Å². The quantitative estimate of drug-likeness (QED) is 0.678. The average molecular weight is 348 g/mol. The molecule has 0 aliphatic heterocycles. The fraction of sp³-hybridized carbons (Fsp3) is 0.526. The molecule has 0 radical (unpaired) electrons. The molecular formula is C19H28N2O4. The van der Waals surface area contributed by atoms with Gasteiger partial charge in [-0.3, -0.25) is 9.59 Å². The minimum Gasteiger partial charge on any atom is -0.480 e. The average Bonchev–Trinajstić information content (AvgIpc) is 2.58. The highest BCUT2D eigenvalue weighted by Crippen LogP contribution is 2.15. The lowest BCUT2D eigenvalue weighted by atomic mass is 9.99. The Morgan fingerprint density at radius 1 is 1.16 bits per heavy atom. The molecular weight excluding hydrogens is 320 g/mol. The molecule has 1 aromatic rings. The largest absolute Gasteiger partial charge is 0.480 e. The van der Waals surface area contributed by atoms with Crippen molar-refractivity contribution in [1.82, 2.24) is 10.2 Å². The topological polar surface area (TPSA) is 86.7 Å². The van der Waals surface area contributed by atoms with E-state index in [1.54, 1.807) is 0 Å². The molecule has 0 saturated carbocycles. The van der Waals surface area contributed by atoms with Crippen molar-refractivity contribution in [2.24, 2.45) is 5.92 Å². The van der Waals surface area contributed by atoms with E-state index in [9.17, 15) is 19.5 Å². The fourth-order valence-electron chi connectivity index (χ4n) is 2.64. The number of nitrogens with one attached hydrogen (secondary N) is 1. The third-order valence-electron chi connectivity index (χ3n) is 4.20. The van der Waals surface area contributed by atoms with Gasteiger partial charge in [-0.15, -0.1) is 0 Å². The number of carboxylic acids is 1. The van der Waals surface area contributed by atoms with Gasteiger partial charge in [0.15, 0.2) is 0 Å². The van der Waals surface area contributed by atoms with Gasteiger partial charge < -0.3 is 15.3 Å². The van der Waals surface area contributed by atoms with E-state index in [1.165, 1.54) is 24.3 Å². The molecule has 138 valence electrons. The predicted octanol–water partition coefficient (Wildman–Crippen LogP) is 2.08. The van der Waals surface area contributed by atoms with Crippen LogP contribution in [0, 0.1) is 5.92 Å². The van der Waals surface area contributed by atoms with Crippen LogP contribution in [-0.2, 0) is 20.8 Å². The normalized spacial score (nSPS) is 12.9. The summed E-state index contributed by atoms with van der Waals surface area (Å²) in [7, 11) is 0. The molecule has 6 heteroatoms. The second-order valence-electron chi connectivity index (χ2n) is 6.31. The SMILES string of the molecule is CC(=O)NCCN(C(=O)C(C)CCCc1ccccc1)C(C)C(=O)O. The summed E-state index contributed by atoms with van der Waals surface area (Å²) in [6.45, 7) is 5.14. The van der Waals surface area contributed by atoms with Crippen LogP contribution in [0.2, 0.25) is 0 Å². The van der Waals surface area contributed by atoms with E-state index in [-0.39, 0.29) is 30.8 Å². The summed E-state index contributed by atoms with van der Waals surface area (Å²) in [5, 5.41) is 11.8. The number of benzene rings is 1. The second-order valence-corrected chi connectivity index (χ2v) is 6.31. The first-order valence-corrected chi connectivity index (χ1v) is 8.64. The Bertz CT molecular complexity index is 574. The Morgan fingerprint density at radius 3 is 2.36 bits per heavy atom. The monoisotopic (exact) mass is 348 g/mol. The summed E-state index contributed by atoms with van der Waals surface area (Å²) in [5.74, 6) is -1.70. The number of rotatable bonds is 10. The van der Waals surface area contributed by atoms with Gasteiger partial charge in [0.05, 0.1) is 0 Å². The first kappa shape index (κ1) is 20.7. The van der Waals surface area contributed by atoms with Crippen LogP contribution < -0.4 is 5.32 Å². The number of amides is 2. The molecule has 2 N–H and O–H groups in total. The van der Waals surface area contributed by atoms with E-state index in [4.69, 9.17) is 0 Å². The molecule has 0 spiro atoms. The van der Waals surface area contributed by atoms with Gasteiger partial charge in [0.25, 0.3) is 0 Å². The molecule has 2 atom stereocenters. The summed E-state index contributed by atoms with van der Waals surface area (Å²) in [5.41, 5.74) is 1.23. The van der Waals surface area contributed by atoms with Crippen LogP contribution in [0.3, 0.4) is 0 Å². The molecule has 2 unspecified atom stereocenters. The maximum Gasteiger partial charge on any atom is 0.326 e. The number of carbonyl (C=O) groups is 3. The minimum atomic E-state index is -1.05. The van der Waals surface area contributed by atoms with Crippen LogP contribution in [-0.4, -0.2) is 46.9 Å². The number of hydrogen-bond acceptors (Lipinski definition) is 3. The lowest BCUT2D eigenvalue weighted by Gasteiger charge is -2.29. The van der Waals surface area contributed by atoms with Crippen molar-refractivity contribution in [2.75, 3.05) is 13.1 Å². The summed E-state index contributed by atoms with van der Waals surface area (Å²) in [6.07, 6.45) is 2.44. The third-order valence-corrected chi connectivity index (χ3v) is 4.20. The summed E-state index contributed by atoms with van der Waals surface area (Å²) in [4.78, 5) is 36.3. The molecule has 1 aromatic carbocycles. The Balaban J connectivity index is 2.58. The van der Waals surface area contributed by atoms with Crippen molar-refractivity contribution in [1.29, 1.82) is 0 Å². The molecule has 25 heavy (non-hydrogen) atoms. The van der Waals surface area contributed by atoms with E-state index < -0.39 is 12.0 Å². The molecule has 1 rings (SSSR count). The van der Waals surface area contributed by atoms with Crippen LogP contribution in [0.15, 0.2) is 30.3 Å². The Labute approximate surface area is 149 Å². The maximum atomic E-state index is 12.7. The highest BCUT2D eigenvalue weighted by molar-refractivity contribution is 5.84. The van der Waals surface area contributed by atoms with Gasteiger partial charge in [-0.1, -0.05) is 37.3 Å². The van der Waals surface area contributed by atoms with Crippen LogP contribution >= 0.6 is 0 Å². The summed E-state index contributed by atoms with van der Waals surface area (Å²) < 4.78 is 0. The summed E-state index contributed by atoms with van der Waals surface area (Å²) >= 11 is 0. The molecule has 0 fully saturated rings. The van der Waals surface area contributed by atoms with Gasteiger partial charge in [-0.05, 0) is 31.7 Å². The zero-order valence-electron chi connectivity index (χ0n) is 15.2. The van der Waals surface area contributed by atoms with Gasteiger partial charge in [0, 0.05) is 25.9 Å². The summed E-state index contributed by atoms with van der Waals surface area (Å²) in [6, 6.07) is 9.13. The number of nitrogens with zero attached hydrogens (tertiary/aromatic N) is 1. The molecule has 0 bridgehead atoms. The fourth-order valence-corrected chi connectivity index (χ4v) is 2.64. The van der Waals surface area contributed by atoms with Crippen LogP contribution in [0.4, 0.5) is 0 Å². The van der Waals surface area contributed by atoms with E-state index in [0.29, 0.717) is 6.42 Å². The first-order valence-electron chi connectivity index (χ1n) is 8.64. The van der Waals surface area contributed by atoms with Gasteiger partial charge in [-0.25, -0.2) is 4.79 Å². The maximum absolute atomic E-state index is 12.7. The Kier molecular flexibility index (Phi) is 8.67. The van der Waals surface area contributed by atoms with Gasteiger partial charge in [0.1, 0.15) is 6.04 Å². The number of aliphatic carboxylic acids is 1. The van der Waals surface area contributed by atoms with Crippen molar-refractivity contribution >= 4 is 17.8 Å². The van der Waals surface area contributed by atoms with Crippen molar-refractivity contribution in [2.45, 2.75) is 46.1 Å². The van der Waals surface area contributed by atoms with Crippen molar-refractivity contribution < 1.29 is 19.5 Å². The third kappa shape index (κ3) is 7.37. The smallest absolute Gasteiger partial charge is 0.326 e. The Hall–Kier alpha value is -2.37. The molecule has 0 aliphatic carbocycles. The highest BCUT2D eigenvalue weighted by atomic mass is 16.4. The second kappa shape index (κ2) is 10.5. The van der Waals surface area contributed by atoms with Crippen molar-refractivity contribution in [3.05, 3.63) is 35.9 Å². The molecule has 0 saturated heterocycles. The zero-order valence-corrected chi connectivity index (χ0v) is 15.2. The molecule has 2 amide bonds. The van der Waals surface area contributed by atoms with Gasteiger partial charge in [-0.2, -0.15) is 0 Å². The van der Waals surface area contributed by atoms with E-state index in [0.717, 1.165) is 12.8 Å². The lowest BCUT2D eigenvalue weighted by Crippen LogP contribution is -2.48. The molecule has 0 heterocycles. The highest BCUT2D eigenvalue weighted by Gasteiger charge is 2.28. The molecule has 0 aliphatic rings. The van der Waals surface area contributed by atoms with Crippen molar-refractivity contribution in [3.8, 4) is 0 Å².